The monoisotopic (exact) mass is 290 g/mol. The molecule has 4 atom stereocenters. The van der Waals surface area contributed by atoms with Gasteiger partial charge >= 0.3 is 0 Å². The van der Waals surface area contributed by atoms with Crippen LogP contribution in [0, 0.1) is 17.3 Å². The minimum absolute atomic E-state index is 0. The Morgan fingerprint density at radius 2 is 1.74 bits per heavy atom. The van der Waals surface area contributed by atoms with E-state index in [1.54, 1.807) is 0 Å². The van der Waals surface area contributed by atoms with Crippen molar-refractivity contribution >= 4 is 18.3 Å². The van der Waals surface area contributed by atoms with E-state index >= 15 is 0 Å². The van der Waals surface area contributed by atoms with Crippen LogP contribution in [-0.2, 0) is 4.79 Å². The Bertz CT molecular complexity index is 286. The van der Waals surface area contributed by atoms with Crippen LogP contribution in [0.15, 0.2) is 0 Å². The highest BCUT2D eigenvalue weighted by Crippen LogP contribution is 2.38. The van der Waals surface area contributed by atoms with Gasteiger partial charge in [-0.3, -0.25) is 4.79 Å². The van der Waals surface area contributed by atoms with E-state index in [0.717, 1.165) is 6.42 Å². The lowest BCUT2D eigenvalue weighted by Crippen LogP contribution is -2.50. The predicted octanol–water partition coefficient (Wildman–Crippen LogP) is 3.11. The third kappa shape index (κ3) is 5.31. The van der Waals surface area contributed by atoms with Gasteiger partial charge in [0, 0.05) is 18.0 Å². The van der Waals surface area contributed by atoms with Gasteiger partial charge in [0.2, 0.25) is 5.91 Å². The number of nitrogens with one attached hydrogen (secondary N) is 1. The summed E-state index contributed by atoms with van der Waals surface area (Å²) in [4.78, 5) is 12.1. The first-order valence-electron chi connectivity index (χ1n) is 7.29. The van der Waals surface area contributed by atoms with Gasteiger partial charge in [0.25, 0.3) is 0 Å². The maximum absolute atomic E-state index is 12.1. The molecule has 0 bridgehead atoms. The Morgan fingerprint density at radius 3 is 2.21 bits per heavy atom. The molecule has 1 rings (SSSR count). The summed E-state index contributed by atoms with van der Waals surface area (Å²) in [5.41, 5.74) is 6.06. The number of hydrogen-bond donors (Lipinski definition) is 2. The van der Waals surface area contributed by atoms with Gasteiger partial charge in [-0.25, -0.2) is 0 Å². The maximum Gasteiger partial charge on any atom is 0.224 e. The van der Waals surface area contributed by atoms with E-state index in [0.29, 0.717) is 12.0 Å². The van der Waals surface area contributed by atoms with Crippen molar-refractivity contribution in [2.75, 3.05) is 0 Å². The number of hydrogen-bond acceptors (Lipinski definition) is 2. The summed E-state index contributed by atoms with van der Waals surface area (Å²) in [5, 5.41) is 3.24. The van der Waals surface area contributed by atoms with Gasteiger partial charge in [0.05, 0.1) is 0 Å². The molecule has 1 saturated carbocycles. The number of carbonyl (C=O) groups excluding carboxylic acids is 1. The SMILES string of the molecule is CC(N)C(C)C(=O)NC1CCCCC1C(C)(C)C.Cl. The molecule has 0 aliphatic heterocycles. The van der Waals surface area contributed by atoms with Crippen LogP contribution in [0.25, 0.3) is 0 Å². The van der Waals surface area contributed by atoms with E-state index in [2.05, 4.69) is 26.1 Å². The van der Waals surface area contributed by atoms with Crippen LogP contribution < -0.4 is 11.1 Å². The summed E-state index contributed by atoms with van der Waals surface area (Å²) in [7, 11) is 0. The second-order valence-corrected chi connectivity index (χ2v) is 7.02. The highest BCUT2D eigenvalue weighted by molar-refractivity contribution is 5.85. The van der Waals surface area contributed by atoms with Crippen LogP contribution in [0.2, 0.25) is 0 Å². The normalized spacial score (nSPS) is 27.1. The summed E-state index contributed by atoms with van der Waals surface area (Å²) >= 11 is 0. The molecule has 0 heterocycles. The number of halogens is 1. The number of nitrogens with two attached hydrogens (primary N) is 1. The van der Waals surface area contributed by atoms with Crippen LogP contribution >= 0.6 is 12.4 Å². The van der Waals surface area contributed by atoms with Gasteiger partial charge in [0.1, 0.15) is 0 Å². The van der Waals surface area contributed by atoms with E-state index in [1.807, 2.05) is 13.8 Å². The molecule has 1 aliphatic rings. The maximum atomic E-state index is 12.1. The molecule has 0 radical (unpaired) electrons. The second kappa shape index (κ2) is 7.49. The molecule has 1 aliphatic carbocycles. The number of carbonyl (C=O) groups is 1. The van der Waals surface area contributed by atoms with Crippen LogP contribution in [0.5, 0.6) is 0 Å². The van der Waals surface area contributed by atoms with E-state index < -0.39 is 0 Å². The molecule has 0 aromatic carbocycles. The van der Waals surface area contributed by atoms with Gasteiger partial charge in [0.15, 0.2) is 0 Å². The smallest absolute Gasteiger partial charge is 0.224 e. The molecule has 19 heavy (non-hydrogen) atoms. The molecule has 0 saturated heterocycles. The van der Waals surface area contributed by atoms with Gasteiger partial charge in [-0.2, -0.15) is 0 Å². The fraction of sp³-hybridized carbons (Fsp3) is 0.933. The summed E-state index contributed by atoms with van der Waals surface area (Å²) in [6, 6.07) is 0.245. The zero-order chi connectivity index (χ0) is 13.9. The summed E-state index contributed by atoms with van der Waals surface area (Å²) in [6.07, 6.45) is 4.85. The van der Waals surface area contributed by atoms with Crippen molar-refractivity contribution < 1.29 is 4.79 Å². The Balaban J connectivity index is 0.00000324. The van der Waals surface area contributed by atoms with E-state index in [4.69, 9.17) is 5.73 Å². The van der Waals surface area contributed by atoms with Crippen LogP contribution in [-0.4, -0.2) is 18.0 Å². The topological polar surface area (TPSA) is 55.1 Å². The quantitative estimate of drug-likeness (QED) is 0.839. The fourth-order valence-electron chi connectivity index (χ4n) is 2.89. The van der Waals surface area contributed by atoms with Crippen molar-refractivity contribution in [2.45, 2.75) is 72.4 Å². The third-order valence-electron chi connectivity index (χ3n) is 4.41. The lowest BCUT2D eigenvalue weighted by Gasteiger charge is -2.41. The average Bonchev–Trinajstić information content (AvgIpc) is 2.27. The molecule has 1 fully saturated rings. The first kappa shape index (κ1) is 18.7. The Kier molecular flexibility index (Phi) is 7.38. The minimum atomic E-state index is -0.104. The van der Waals surface area contributed by atoms with E-state index in [-0.39, 0.29) is 35.7 Å². The van der Waals surface area contributed by atoms with E-state index in [9.17, 15) is 4.79 Å². The molecule has 114 valence electrons. The summed E-state index contributed by atoms with van der Waals surface area (Å²) in [5.74, 6) is 0.592. The Hall–Kier alpha value is -0.280. The highest BCUT2D eigenvalue weighted by Gasteiger charge is 2.35. The highest BCUT2D eigenvalue weighted by atomic mass is 35.5. The third-order valence-corrected chi connectivity index (χ3v) is 4.41. The second-order valence-electron chi connectivity index (χ2n) is 7.02. The average molecular weight is 291 g/mol. The molecule has 4 unspecified atom stereocenters. The van der Waals surface area contributed by atoms with Crippen molar-refractivity contribution in [1.29, 1.82) is 0 Å². The Morgan fingerprint density at radius 1 is 1.21 bits per heavy atom. The Labute approximate surface area is 124 Å². The predicted molar refractivity (Wildman–Crippen MR) is 83.4 cm³/mol. The largest absolute Gasteiger partial charge is 0.353 e. The molecule has 0 aromatic rings. The van der Waals surface area contributed by atoms with Crippen molar-refractivity contribution in [3.05, 3.63) is 0 Å². The standard InChI is InChI=1S/C15H30N2O.ClH/c1-10(11(2)16)14(18)17-13-9-7-6-8-12(13)15(3,4)5;/h10-13H,6-9,16H2,1-5H3,(H,17,18);1H. The summed E-state index contributed by atoms with van der Waals surface area (Å²) < 4.78 is 0. The van der Waals surface area contributed by atoms with E-state index in [1.165, 1.54) is 19.3 Å². The first-order chi connectivity index (χ1) is 8.23. The van der Waals surface area contributed by atoms with Gasteiger partial charge in [-0.05, 0) is 31.1 Å². The van der Waals surface area contributed by atoms with Gasteiger partial charge in [-0.1, -0.05) is 40.5 Å². The lowest BCUT2D eigenvalue weighted by molar-refractivity contribution is -0.126. The van der Waals surface area contributed by atoms with Crippen molar-refractivity contribution in [3.63, 3.8) is 0 Å². The van der Waals surface area contributed by atoms with Crippen LogP contribution in [0.1, 0.15) is 60.3 Å². The summed E-state index contributed by atoms with van der Waals surface area (Å²) in [6.45, 7) is 10.6. The van der Waals surface area contributed by atoms with Gasteiger partial charge in [-0.15, -0.1) is 12.4 Å². The molecule has 0 spiro atoms. The molecule has 3 N–H and O–H groups in total. The zero-order valence-electron chi connectivity index (χ0n) is 13.0. The molecule has 0 aromatic heterocycles. The molecular formula is C15H31ClN2O. The molecular weight excluding hydrogens is 260 g/mol. The number of amides is 1. The lowest BCUT2D eigenvalue weighted by atomic mass is 9.69. The van der Waals surface area contributed by atoms with Crippen molar-refractivity contribution in [2.24, 2.45) is 23.0 Å². The first-order valence-corrected chi connectivity index (χ1v) is 7.29. The number of rotatable bonds is 3. The molecule has 4 heteroatoms. The molecule has 3 nitrogen and oxygen atoms in total. The van der Waals surface area contributed by atoms with Crippen molar-refractivity contribution in [1.82, 2.24) is 5.32 Å². The zero-order valence-corrected chi connectivity index (χ0v) is 13.8. The van der Waals surface area contributed by atoms with Crippen LogP contribution in [0.3, 0.4) is 0 Å². The molecule has 1 amide bonds. The minimum Gasteiger partial charge on any atom is -0.353 e. The van der Waals surface area contributed by atoms with Crippen molar-refractivity contribution in [3.8, 4) is 0 Å². The van der Waals surface area contributed by atoms with Crippen LogP contribution in [0.4, 0.5) is 0 Å². The van der Waals surface area contributed by atoms with Gasteiger partial charge < -0.3 is 11.1 Å². The fourth-order valence-corrected chi connectivity index (χ4v) is 2.89.